The van der Waals surface area contributed by atoms with E-state index in [1.165, 1.54) is 24.2 Å². The molecule has 1 heterocycles. The lowest BCUT2D eigenvalue weighted by Gasteiger charge is -2.23. The first-order valence-electron chi connectivity index (χ1n) is 5.23. The molecule has 1 fully saturated rings. The van der Waals surface area contributed by atoms with E-state index < -0.39 is 0 Å². The lowest BCUT2D eigenvalue weighted by atomic mass is 10.0. The average Bonchev–Trinajstić information content (AvgIpc) is 2.54. The molecule has 1 aliphatic heterocycles. The van der Waals surface area contributed by atoms with Gasteiger partial charge in [-0.05, 0) is 38.5 Å². The van der Waals surface area contributed by atoms with Gasteiger partial charge in [-0.15, -0.1) is 6.58 Å². The highest BCUT2D eigenvalue weighted by molar-refractivity contribution is 8.00. The first-order chi connectivity index (χ1) is 6.24. The van der Waals surface area contributed by atoms with Crippen LogP contribution in [0.25, 0.3) is 0 Å². The fourth-order valence-electron chi connectivity index (χ4n) is 1.89. The van der Waals surface area contributed by atoms with Crippen LogP contribution in [0.2, 0.25) is 0 Å². The second-order valence-electron chi connectivity index (χ2n) is 3.88. The van der Waals surface area contributed by atoms with Crippen molar-refractivity contribution < 1.29 is 0 Å². The van der Waals surface area contributed by atoms with Crippen LogP contribution in [-0.4, -0.2) is 23.6 Å². The van der Waals surface area contributed by atoms with Gasteiger partial charge in [-0.1, -0.05) is 12.5 Å². The van der Waals surface area contributed by atoms with Crippen LogP contribution in [0, 0.1) is 0 Å². The summed E-state index contributed by atoms with van der Waals surface area (Å²) in [5.41, 5.74) is 1.30. The van der Waals surface area contributed by atoms with E-state index in [1.807, 2.05) is 0 Å². The minimum absolute atomic E-state index is 0.662. The zero-order valence-corrected chi connectivity index (χ0v) is 9.62. The minimum atomic E-state index is 0.662. The van der Waals surface area contributed by atoms with Gasteiger partial charge < -0.3 is 5.32 Å². The van der Waals surface area contributed by atoms with Gasteiger partial charge >= 0.3 is 0 Å². The van der Waals surface area contributed by atoms with Crippen LogP contribution in [0.5, 0.6) is 0 Å². The van der Waals surface area contributed by atoms with Crippen LogP contribution in [-0.2, 0) is 0 Å². The van der Waals surface area contributed by atoms with Crippen molar-refractivity contribution >= 4 is 11.8 Å². The Morgan fingerprint density at radius 1 is 1.69 bits per heavy atom. The highest BCUT2D eigenvalue weighted by Gasteiger charge is 2.24. The summed E-state index contributed by atoms with van der Waals surface area (Å²) < 4.78 is 0. The SMILES string of the molecule is C=C(C)CC(NCC)C1CCCS1. The maximum absolute atomic E-state index is 4.00. The molecule has 0 amide bonds. The van der Waals surface area contributed by atoms with Gasteiger partial charge in [0.25, 0.3) is 0 Å². The Labute approximate surface area is 86.4 Å². The zero-order chi connectivity index (χ0) is 9.68. The lowest BCUT2D eigenvalue weighted by Crippen LogP contribution is -2.37. The standard InChI is InChI=1S/C11H21NS/c1-4-12-10(8-9(2)3)11-6-5-7-13-11/h10-12H,2,4-8H2,1,3H3. The second kappa shape index (κ2) is 5.71. The first kappa shape index (κ1) is 11.1. The van der Waals surface area contributed by atoms with Crippen molar-refractivity contribution in [3.05, 3.63) is 12.2 Å². The van der Waals surface area contributed by atoms with Gasteiger partial charge in [0.1, 0.15) is 0 Å². The van der Waals surface area contributed by atoms with Crippen molar-refractivity contribution in [2.24, 2.45) is 0 Å². The number of thioether (sulfide) groups is 1. The number of hydrogen-bond acceptors (Lipinski definition) is 2. The number of nitrogens with one attached hydrogen (secondary N) is 1. The van der Waals surface area contributed by atoms with Crippen LogP contribution in [0.15, 0.2) is 12.2 Å². The predicted molar refractivity (Wildman–Crippen MR) is 62.4 cm³/mol. The summed E-state index contributed by atoms with van der Waals surface area (Å²) >= 11 is 2.13. The van der Waals surface area contributed by atoms with Gasteiger partial charge in [0.2, 0.25) is 0 Å². The molecule has 2 atom stereocenters. The van der Waals surface area contributed by atoms with E-state index in [-0.39, 0.29) is 0 Å². The van der Waals surface area contributed by atoms with E-state index in [9.17, 15) is 0 Å². The molecule has 13 heavy (non-hydrogen) atoms. The second-order valence-corrected chi connectivity index (χ2v) is 5.22. The van der Waals surface area contributed by atoms with Crippen molar-refractivity contribution in [1.82, 2.24) is 5.32 Å². The maximum Gasteiger partial charge on any atom is 0.0223 e. The maximum atomic E-state index is 4.00. The zero-order valence-electron chi connectivity index (χ0n) is 8.81. The molecular formula is C11H21NS. The van der Waals surface area contributed by atoms with Crippen LogP contribution >= 0.6 is 11.8 Å². The monoisotopic (exact) mass is 199 g/mol. The summed E-state index contributed by atoms with van der Waals surface area (Å²) in [5, 5.41) is 4.40. The highest BCUT2D eigenvalue weighted by Crippen LogP contribution is 2.30. The van der Waals surface area contributed by atoms with Crippen LogP contribution in [0.1, 0.15) is 33.1 Å². The van der Waals surface area contributed by atoms with Crippen molar-refractivity contribution in [1.29, 1.82) is 0 Å². The van der Waals surface area contributed by atoms with Gasteiger partial charge in [0.15, 0.2) is 0 Å². The molecule has 0 aromatic rings. The van der Waals surface area contributed by atoms with Crippen LogP contribution in [0.4, 0.5) is 0 Å². The Kier molecular flexibility index (Phi) is 4.89. The Morgan fingerprint density at radius 2 is 2.46 bits per heavy atom. The Hall–Kier alpha value is 0.0500. The quantitative estimate of drug-likeness (QED) is 0.683. The molecule has 76 valence electrons. The third kappa shape index (κ3) is 3.74. The first-order valence-corrected chi connectivity index (χ1v) is 6.28. The highest BCUT2D eigenvalue weighted by atomic mass is 32.2. The molecule has 1 saturated heterocycles. The molecule has 0 spiro atoms. The average molecular weight is 199 g/mol. The molecule has 0 saturated carbocycles. The molecule has 2 unspecified atom stereocenters. The van der Waals surface area contributed by atoms with E-state index in [4.69, 9.17) is 0 Å². The van der Waals surface area contributed by atoms with E-state index in [1.54, 1.807) is 0 Å². The van der Waals surface area contributed by atoms with E-state index >= 15 is 0 Å². The molecule has 2 heteroatoms. The van der Waals surface area contributed by atoms with Gasteiger partial charge in [0, 0.05) is 11.3 Å². The van der Waals surface area contributed by atoms with Crippen molar-refractivity contribution in [2.45, 2.75) is 44.4 Å². The van der Waals surface area contributed by atoms with E-state index in [0.717, 1.165) is 18.2 Å². The van der Waals surface area contributed by atoms with Crippen LogP contribution in [0.3, 0.4) is 0 Å². The molecule has 1 aliphatic rings. The summed E-state index contributed by atoms with van der Waals surface area (Å²) in [7, 11) is 0. The smallest absolute Gasteiger partial charge is 0.0223 e. The van der Waals surface area contributed by atoms with Gasteiger partial charge in [-0.3, -0.25) is 0 Å². The molecule has 1 N–H and O–H groups in total. The number of hydrogen-bond donors (Lipinski definition) is 1. The molecule has 0 radical (unpaired) electrons. The fourth-order valence-corrected chi connectivity index (χ4v) is 3.29. The number of rotatable bonds is 5. The molecule has 0 aromatic carbocycles. The van der Waals surface area contributed by atoms with Gasteiger partial charge in [-0.2, -0.15) is 11.8 Å². The van der Waals surface area contributed by atoms with Crippen molar-refractivity contribution in [3.63, 3.8) is 0 Å². The lowest BCUT2D eigenvalue weighted by molar-refractivity contribution is 0.494. The molecule has 1 nitrogen and oxygen atoms in total. The van der Waals surface area contributed by atoms with E-state index in [0.29, 0.717) is 6.04 Å². The summed E-state index contributed by atoms with van der Waals surface area (Å²) in [6.45, 7) is 9.39. The van der Waals surface area contributed by atoms with Gasteiger partial charge in [-0.25, -0.2) is 0 Å². The van der Waals surface area contributed by atoms with Crippen molar-refractivity contribution in [2.75, 3.05) is 12.3 Å². The molecular weight excluding hydrogens is 178 g/mol. The summed E-state index contributed by atoms with van der Waals surface area (Å²) in [6.07, 6.45) is 3.93. The third-order valence-corrected chi connectivity index (χ3v) is 3.97. The summed E-state index contributed by atoms with van der Waals surface area (Å²) in [5.74, 6) is 1.35. The van der Waals surface area contributed by atoms with E-state index in [2.05, 4.69) is 37.5 Å². The Morgan fingerprint density at radius 3 is 2.92 bits per heavy atom. The normalized spacial score (nSPS) is 24.6. The Balaban J connectivity index is 2.39. The predicted octanol–water partition coefficient (Wildman–Crippen LogP) is 2.83. The summed E-state index contributed by atoms with van der Waals surface area (Å²) in [6, 6.07) is 0.662. The largest absolute Gasteiger partial charge is 0.313 e. The van der Waals surface area contributed by atoms with Crippen LogP contribution < -0.4 is 5.32 Å². The topological polar surface area (TPSA) is 12.0 Å². The van der Waals surface area contributed by atoms with Crippen molar-refractivity contribution in [3.8, 4) is 0 Å². The molecule has 0 aliphatic carbocycles. The minimum Gasteiger partial charge on any atom is -0.313 e. The molecule has 1 rings (SSSR count). The van der Waals surface area contributed by atoms with Gasteiger partial charge in [0.05, 0.1) is 0 Å². The molecule has 0 aromatic heterocycles. The Bertz CT molecular complexity index is 161. The molecule has 0 bridgehead atoms. The fraction of sp³-hybridized carbons (Fsp3) is 0.818. The summed E-state index contributed by atoms with van der Waals surface area (Å²) in [4.78, 5) is 0. The third-order valence-electron chi connectivity index (χ3n) is 2.45.